The summed E-state index contributed by atoms with van der Waals surface area (Å²) < 4.78 is 1.74. The number of H-pyrrole nitrogens is 1. The number of benzene rings is 1. The highest BCUT2D eigenvalue weighted by molar-refractivity contribution is 6.18. The first-order chi connectivity index (χ1) is 15.0. The molecule has 0 radical (unpaired) electrons. The predicted molar refractivity (Wildman–Crippen MR) is 121 cm³/mol. The van der Waals surface area contributed by atoms with Crippen molar-refractivity contribution in [1.29, 1.82) is 0 Å². The van der Waals surface area contributed by atoms with Gasteiger partial charge in [-0.05, 0) is 36.5 Å². The van der Waals surface area contributed by atoms with E-state index < -0.39 is 6.04 Å². The Kier molecular flexibility index (Phi) is 5.06. The Hall–Kier alpha value is -3.06. The van der Waals surface area contributed by atoms with Gasteiger partial charge in [-0.2, -0.15) is 5.10 Å². The Bertz CT molecular complexity index is 1200. The molecule has 7 nitrogen and oxygen atoms in total. The quantitative estimate of drug-likeness (QED) is 0.665. The average molecular weight is 418 g/mol. The zero-order valence-corrected chi connectivity index (χ0v) is 17.7. The van der Waals surface area contributed by atoms with Crippen LogP contribution < -0.4 is 5.73 Å². The molecule has 7 heteroatoms. The van der Waals surface area contributed by atoms with E-state index in [-0.39, 0.29) is 30.4 Å². The van der Waals surface area contributed by atoms with Crippen molar-refractivity contribution in [1.82, 2.24) is 14.8 Å². The molecule has 2 aliphatic rings. The molecule has 3 aromatic rings. The van der Waals surface area contributed by atoms with Crippen molar-refractivity contribution in [2.45, 2.75) is 44.6 Å². The minimum absolute atomic E-state index is 0.0392. The lowest BCUT2D eigenvalue weighted by atomic mass is 9.81. The van der Waals surface area contributed by atoms with Gasteiger partial charge in [0.2, 0.25) is 0 Å². The van der Waals surface area contributed by atoms with E-state index >= 15 is 0 Å². The molecule has 2 aromatic heterocycles. The van der Waals surface area contributed by atoms with Crippen LogP contribution in [0.3, 0.4) is 0 Å². The monoisotopic (exact) mass is 417 g/mol. The van der Waals surface area contributed by atoms with Gasteiger partial charge in [0.1, 0.15) is 6.54 Å². The maximum atomic E-state index is 13.0. The van der Waals surface area contributed by atoms with Crippen LogP contribution in [0.5, 0.6) is 0 Å². The van der Waals surface area contributed by atoms with Crippen LogP contribution in [0.4, 0.5) is 0 Å². The fourth-order valence-electron chi connectivity index (χ4n) is 5.03. The summed E-state index contributed by atoms with van der Waals surface area (Å²) in [4.78, 5) is 33.5. The number of rotatable bonds is 5. The van der Waals surface area contributed by atoms with Gasteiger partial charge < -0.3 is 10.7 Å². The highest BCUT2D eigenvalue weighted by atomic mass is 16.1. The molecule has 1 aliphatic heterocycles. The molecule has 1 saturated carbocycles. The summed E-state index contributed by atoms with van der Waals surface area (Å²) in [5.41, 5.74) is 11.3. The zero-order chi connectivity index (χ0) is 21.5. The number of nitrogens with one attached hydrogen (secondary N) is 1. The lowest BCUT2D eigenvalue weighted by molar-refractivity contribution is -0.121. The number of hydrogen-bond acceptors (Lipinski definition) is 5. The van der Waals surface area contributed by atoms with Crippen LogP contribution in [-0.4, -0.2) is 45.1 Å². The maximum Gasteiger partial charge on any atom is 0.184 e. The third-order valence-electron chi connectivity index (χ3n) is 6.65. The number of aromatic nitrogens is 3. The molecular weight excluding hydrogens is 390 g/mol. The molecule has 1 unspecified atom stereocenters. The van der Waals surface area contributed by atoms with Gasteiger partial charge in [-0.3, -0.25) is 19.3 Å². The van der Waals surface area contributed by atoms with E-state index in [4.69, 9.17) is 5.73 Å². The van der Waals surface area contributed by atoms with Gasteiger partial charge in [0.05, 0.1) is 17.9 Å². The number of carbonyl (C=O) groups is 2. The Labute approximate surface area is 180 Å². The second-order valence-corrected chi connectivity index (χ2v) is 8.84. The van der Waals surface area contributed by atoms with E-state index in [9.17, 15) is 9.59 Å². The normalized spacial score (nSPS) is 17.8. The number of nitrogens with two attached hydrogens (primary N) is 1. The molecule has 1 fully saturated rings. The van der Waals surface area contributed by atoms with E-state index in [0.717, 1.165) is 59.0 Å². The standard InChI is InChI=1S/C24H27N5O2/c1-29-13-16(10-27-29)24-18-11-26-12-21(31)17-7-14(8-19(28-24)22(17)18)9-20(30)23(25)15-5-3-2-4-6-15/h7-8,10-11,13,15,23,28H,2-6,9,12,25H2,1H3. The summed E-state index contributed by atoms with van der Waals surface area (Å²) in [6.45, 7) is 0.106. The Morgan fingerprint density at radius 1 is 1.29 bits per heavy atom. The van der Waals surface area contributed by atoms with Crippen LogP contribution in [0.15, 0.2) is 29.5 Å². The van der Waals surface area contributed by atoms with Crippen LogP contribution in [0, 0.1) is 5.92 Å². The molecule has 3 N–H and O–H groups in total. The summed E-state index contributed by atoms with van der Waals surface area (Å²) in [7, 11) is 1.87. The van der Waals surface area contributed by atoms with Gasteiger partial charge in [0.15, 0.2) is 11.6 Å². The lowest BCUT2D eigenvalue weighted by Crippen LogP contribution is -2.40. The van der Waals surface area contributed by atoms with Crippen molar-refractivity contribution in [3.05, 3.63) is 41.2 Å². The fraction of sp³-hybridized carbons (Fsp3) is 0.417. The largest absolute Gasteiger partial charge is 0.354 e. The van der Waals surface area contributed by atoms with Crippen LogP contribution in [-0.2, 0) is 18.3 Å². The minimum atomic E-state index is -0.431. The van der Waals surface area contributed by atoms with Crippen LogP contribution in [0.2, 0.25) is 0 Å². The number of ketones is 2. The number of hydrogen-bond donors (Lipinski definition) is 2. The molecule has 0 amide bonds. The van der Waals surface area contributed by atoms with Gasteiger partial charge in [-0.25, -0.2) is 0 Å². The third kappa shape index (κ3) is 3.63. The first-order valence-electron chi connectivity index (χ1n) is 11.0. The molecule has 160 valence electrons. The van der Waals surface area contributed by atoms with Crippen LogP contribution in [0.1, 0.15) is 53.6 Å². The molecule has 1 atom stereocenters. The highest BCUT2D eigenvalue weighted by Gasteiger charge is 2.27. The number of nitrogens with zero attached hydrogens (tertiary/aromatic N) is 3. The number of aliphatic imine (C=N–C) groups is 1. The number of Topliss-reactive ketones (excluding diaryl/α,β-unsaturated/α-hetero) is 2. The molecule has 0 spiro atoms. The number of aromatic amines is 1. The lowest BCUT2D eigenvalue weighted by Gasteiger charge is -2.26. The maximum absolute atomic E-state index is 13.0. The van der Waals surface area contributed by atoms with Gasteiger partial charge in [0, 0.05) is 53.5 Å². The molecule has 31 heavy (non-hydrogen) atoms. The van der Waals surface area contributed by atoms with Crippen molar-refractivity contribution >= 4 is 28.7 Å². The predicted octanol–water partition coefficient (Wildman–Crippen LogP) is 3.20. The summed E-state index contributed by atoms with van der Waals surface area (Å²) in [5.74, 6) is 0.286. The van der Waals surface area contributed by atoms with Crippen molar-refractivity contribution in [3.8, 4) is 11.3 Å². The van der Waals surface area contributed by atoms with Gasteiger partial charge in [0.25, 0.3) is 0 Å². The zero-order valence-electron chi connectivity index (χ0n) is 17.7. The van der Waals surface area contributed by atoms with Crippen molar-refractivity contribution < 1.29 is 9.59 Å². The molecule has 0 bridgehead atoms. The Morgan fingerprint density at radius 3 is 2.84 bits per heavy atom. The second-order valence-electron chi connectivity index (χ2n) is 8.84. The summed E-state index contributed by atoms with van der Waals surface area (Å²) in [6.07, 6.45) is 11.3. The SMILES string of the molecule is Cn1cc(-c2[nH]c3cc(CC(=O)C(N)C4CCCCC4)cc4c3c2C=NCC4=O)cn1. The van der Waals surface area contributed by atoms with Crippen molar-refractivity contribution in [3.63, 3.8) is 0 Å². The fourth-order valence-corrected chi connectivity index (χ4v) is 5.03. The average Bonchev–Trinajstić information content (AvgIpc) is 3.31. The van der Waals surface area contributed by atoms with Crippen LogP contribution >= 0.6 is 0 Å². The molecule has 5 rings (SSSR count). The topological polar surface area (TPSA) is 106 Å². The minimum Gasteiger partial charge on any atom is -0.354 e. The third-order valence-corrected chi connectivity index (χ3v) is 6.65. The van der Waals surface area contributed by atoms with E-state index in [1.54, 1.807) is 17.1 Å². The molecule has 0 saturated heterocycles. The van der Waals surface area contributed by atoms with E-state index in [1.807, 2.05) is 25.4 Å². The Balaban J connectivity index is 1.53. The molecule has 1 aromatic carbocycles. The highest BCUT2D eigenvalue weighted by Crippen LogP contribution is 2.34. The van der Waals surface area contributed by atoms with E-state index in [0.29, 0.717) is 5.56 Å². The van der Waals surface area contributed by atoms with Crippen molar-refractivity contribution in [2.75, 3.05) is 6.54 Å². The van der Waals surface area contributed by atoms with E-state index in [1.165, 1.54) is 6.42 Å². The molecule has 3 heterocycles. The smallest absolute Gasteiger partial charge is 0.184 e. The number of carbonyl (C=O) groups excluding carboxylic acids is 2. The summed E-state index contributed by atoms with van der Waals surface area (Å²) in [6, 6.07) is 3.40. The summed E-state index contributed by atoms with van der Waals surface area (Å²) >= 11 is 0. The Morgan fingerprint density at radius 2 is 2.10 bits per heavy atom. The molecular formula is C24H27N5O2. The molecule has 1 aliphatic carbocycles. The first kappa shape index (κ1) is 19.9. The van der Waals surface area contributed by atoms with Gasteiger partial charge in [-0.1, -0.05) is 19.3 Å². The number of aryl methyl sites for hydroxylation is 1. The summed E-state index contributed by atoms with van der Waals surface area (Å²) in [5, 5.41) is 5.12. The van der Waals surface area contributed by atoms with Gasteiger partial charge >= 0.3 is 0 Å². The van der Waals surface area contributed by atoms with Crippen LogP contribution in [0.25, 0.3) is 22.2 Å². The first-order valence-corrected chi connectivity index (χ1v) is 11.0. The van der Waals surface area contributed by atoms with Crippen molar-refractivity contribution in [2.24, 2.45) is 23.7 Å². The van der Waals surface area contributed by atoms with E-state index in [2.05, 4.69) is 15.1 Å². The second kappa shape index (κ2) is 7.89. The van der Waals surface area contributed by atoms with Gasteiger partial charge in [-0.15, -0.1) is 0 Å².